The van der Waals surface area contributed by atoms with Crippen LogP contribution < -0.4 is 9.64 Å². The summed E-state index contributed by atoms with van der Waals surface area (Å²) in [4.78, 5) is 2.12. The lowest BCUT2D eigenvalue weighted by Gasteiger charge is -2.29. The normalized spacial score (nSPS) is 12.2. The van der Waals surface area contributed by atoms with E-state index in [1.54, 1.807) is 0 Å². The summed E-state index contributed by atoms with van der Waals surface area (Å²) in [5.41, 5.74) is 5.22. The monoisotopic (exact) mass is 353 g/mol. The molecule has 0 spiro atoms. The second-order valence-corrected chi connectivity index (χ2v) is 9.34. The van der Waals surface area contributed by atoms with E-state index in [-0.39, 0.29) is 10.8 Å². The van der Waals surface area contributed by atoms with E-state index in [9.17, 15) is 0 Å². The fourth-order valence-electron chi connectivity index (χ4n) is 3.11. The predicted octanol–water partition coefficient (Wildman–Crippen LogP) is 5.97. The first-order chi connectivity index (χ1) is 12.0. The molecule has 2 aromatic carbocycles. The Hall–Kier alpha value is -1.96. The van der Waals surface area contributed by atoms with E-state index in [4.69, 9.17) is 4.74 Å². The van der Waals surface area contributed by atoms with Crippen LogP contribution in [0.4, 0.5) is 5.69 Å². The molecule has 2 heteroatoms. The number of ether oxygens (including phenoxy) is 1. The Morgan fingerprint density at radius 1 is 0.769 bits per heavy atom. The van der Waals surface area contributed by atoms with Gasteiger partial charge in [0.15, 0.2) is 0 Å². The lowest BCUT2D eigenvalue weighted by atomic mass is 9.79. The summed E-state index contributed by atoms with van der Waals surface area (Å²) < 4.78 is 6.39. The third-order valence-corrected chi connectivity index (χ3v) is 4.72. The first-order valence-corrected chi connectivity index (χ1v) is 9.53. The number of hydrogen-bond donors (Lipinski definition) is 0. The van der Waals surface area contributed by atoms with Crippen molar-refractivity contribution in [2.45, 2.75) is 58.8 Å². The van der Waals surface area contributed by atoms with Gasteiger partial charge in [0.2, 0.25) is 0 Å². The van der Waals surface area contributed by atoms with Crippen molar-refractivity contribution in [1.82, 2.24) is 0 Å². The molecule has 0 aromatic heterocycles. The molecule has 0 aliphatic carbocycles. The highest BCUT2D eigenvalue weighted by Gasteiger charge is 2.26. The maximum Gasteiger partial charge on any atom is 0.126 e. The van der Waals surface area contributed by atoms with Gasteiger partial charge in [0, 0.05) is 26.2 Å². The third kappa shape index (κ3) is 5.03. The van der Waals surface area contributed by atoms with Crippen molar-refractivity contribution in [3.8, 4) is 5.75 Å². The van der Waals surface area contributed by atoms with Crippen LogP contribution in [0.3, 0.4) is 0 Å². The lowest BCUT2D eigenvalue weighted by molar-refractivity contribution is 0.304. The Labute approximate surface area is 160 Å². The van der Waals surface area contributed by atoms with Gasteiger partial charge in [-0.1, -0.05) is 71.9 Å². The molecule has 0 aliphatic rings. The topological polar surface area (TPSA) is 12.5 Å². The molecule has 0 unspecified atom stereocenters. The average Bonchev–Trinajstić information content (AvgIpc) is 2.53. The van der Waals surface area contributed by atoms with Crippen LogP contribution in [0.15, 0.2) is 42.5 Å². The molecule has 0 heterocycles. The van der Waals surface area contributed by atoms with Gasteiger partial charge < -0.3 is 9.64 Å². The lowest BCUT2D eigenvalue weighted by Crippen LogP contribution is -2.20. The molecule has 0 amide bonds. The molecular weight excluding hydrogens is 318 g/mol. The zero-order chi connectivity index (χ0) is 19.5. The van der Waals surface area contributed by atoms with E-state index in [0.29, 0.717) is 6.61 Å². The van der Waals surface area contributed by atoms with E-state index in [1.807, 2.05) is 0 Å². The van der Waals surface area contributed by atoms with Gasteiger partial charge in [-0.05, 0) is 39.7 Å². The number of benzene rings is 2. The van der Waals surface area contributed by atoms with Crippen LogP contribution in [0, 0.1) is 0 Å². The summed E-state index contributed by atoms with van der Waals surface area (Å²) >= 11 is 0. The summed E-state index contributed by atoms with van der Waals surface area (Å²) in [5, 5.41) is 0. The summed E-state index contributed by atoms with van der Waals surface area (Å²) in [6.07, 6.45) is 0.912. The zero-order valence-electron chi connectivity index (χ0n) is 17.8. The quantitative estimate of drug-likeness (QED) is 0.656. The van der Waals surface area contributed by atoms with Crippen molar-refractivity contribution in [1.29, 1.82) is 0 Å². The molecule has 0 fully saturated rings. The van der Waals surface area contributed by atoms with Gasteiger partial charge in [-0.15, -0.1) is 0 Å². The Kier molecular flexibility index (Phi) is 6.05. The van der Waals surface area contributed by atoms with E-state index < -0.39 is 0 Å². The molecule has 0 bridgehead atoms. The van der Waals surface area contributed by atoms with Gasteiger partial charge in [0.05, 0.1) is 6.61 Å². The van der Waals surface area contributed by atoms with Crippen molar-refractivity contribution >= 4 is 5.69 Å². The molecule has 2 nitrogen and oxygen atoms in total. The van der Waals surface area contributed by atoms with Crippen molar-refractivity contribution in [2.75, 3.05) is 25.6 Å². The van der Waals surface area contributed by atoms with Crippen LogP contribution in [-0.2, 0) is 17.3 Å². The smallest absolute Gasteiger partial charge is 0.126 e. The Balaban J connectivity index is 2.20. The molecule has 0 N–H and O–H groups in total. The summed E-state index contributed by atoms with van der Waals surface area (Å²) in [6, 6.07) is 15.3. The minimum absolute atomic E-state index is 0.0595. The van der Waals surface area contributed by atoms with Crippen molar-refractivity contribution in [3.63, 3.8) is 0 Å². The summed E-state index contributed by atoms with van der Waals surface area (Å²) in [6.45, 7) is 14.2. The van der Waals surface area contributed by atoms with Gasteiger partial charge in [0.1, 0.15) is 5.75 Å². The van der Waals surface area contributed by atoms with Gasteiger partial charge >= 0.3 is 0 Å². The molecule has 2 aromatic rings. The van der Waals surface area contributed by atoms with Crippen LogP contribution in [0.25, 0.3) is 0 Å². The van der Waals surface area contributed by atoms with Crippen LogP contribution >= 0.6 is 0 Å². The fourth-order valence-corrected chi connectivity index (χ4v) is 3.11. The van der Waals surface area contributed by atoms with E-state index in [0.717, 1.165) is 12.2 Å². The zero-order valence-corrected chi connectivity index (χ0v) is 17.8. The number of anilines is 1. The predicted molar refractivity (Wildman–Crippen MR) is 114 cm³/mol. The fraction of sp³-hybridized carbons (Fsp3) is 0.500. The van der Waals surface area contributed by atoms with Crippen LogP contribution in [0.2, 0.25) is 0 Å². The largest absolute Gasteiger partial charge is 0.493 e. The van der Waals surface area contributed by atoms with Crippen molar-refractivity contribution in [2.24, 2.45) is 0 Å². The molecule has 0 atom stereocenters. The van der Waals surface area contributed by atoms with Crippen molar-refractivity contribution < 1.29 is 4.74 Å². The first kappa shape index (κ1) is 20.4. The summed E-state index contributed by atoms with van der Waals surface area (Å²) in [7, 11) is 4.13. The average molecular weight is 354 g/mol. The van der Waals surface area contributed by atoms with Crippen LogP contribution in [-0.4, -0.2) is 20.7 Å². The van der Waals surface area contributed by atoms with E-state index in [1.165, 1.54) is 22.4 Å². The molecule has 26 heavy (non-hydrogen) atoms. The highest BCUT2D eigenvalue weighted by atomic mass is 16.5. The van der Waals surface area contributed by atoms with Gasteiger partial charge in [0.25, 0.3) is 0 Å². The number of para-hydroxylation sites is 1. The Morgan fingerprint density at radius 2 is 1.27 bits per heavy atom. The second-order valence-electron chi connectivity index (χ2n) is 9.34. The van der Waals surface area contributed by atoms with Gasteiger partial charge in [-0.25, -0.2) is 0 Å². The van der Waals surface area contributed by atoms with Gasteiger partial charge in [-0.3, -0.25) is 0 Å². The molecule has 0 saturated carbocycles. The Morgan fingerprint density at radius 3 is 1.69 bits per heavy atom. The highest BCUT2D eigenvalue weighted by Crippen LogP contribution is 2.39. The van der Waals surface area contributed by atoms with Crippen molar-refractivity contribution in [3.05, 3.63) is 59.2 Å². The second kappa shape index (κ2) is 7.73. The minimum atomic E-state index is 0.0595. The maximum absolute atomic E-state index is 6.39. The molecule has 0 radical (unpaired) electrons. The van der Waals surface area contributed by atoms with E-state index in [2.05, 4.69) is 103 Å². The van der Waals surface area contributed by atoms with Gasteiger partial charge in [-0.2, -0.15) is 0 Å². The van der Waals surface area contributed by atoms with E-state index >= 15 is 0 Å². The third-order valence-electron chi connectivity index (χ3n) is 4.72. The molecule has 2 rings (SSSR count). The SMILES string of the molecule is CN(C)c1ccc(CCOc2c(C(C)(C)C)cccc2C(C)(C)C)cc1. The molecule has 0 aliphatic heterocycles. The van der Waals surface area contributed by atoms with Crippen LogP contribution in [0.1, 0.15) is 58.2 Å². The molecule has 0 saturated heterocycles. The minimum Gasteiger partial charge on any atom is -0.493 e. The molecular formula is C24H35NO. The number of hydrogen-bond acceptors (Lipinski definition) is 2. The summed E-state index contributed by atoms with van der Waals surface area (Å²) in [5.74, 6) is 1.07. The first-order valence-electron chi connectivity index (χ1n) is 9.53. The highest BCUT2D eigenvalue weighted by molar-refractivity contribution is 5.48. The number of rotatable bonds is 5. The molecule has 142 valence electrons. The standard InChI is InChI=1S/C24H35NO/c1-23(2,3)20-10-9-11-21(24(4,5)6)22(20)26-17-16-18-12-14-19(15-13-18)25(7)8/h9-15H,16-17H2,1-8H3. The maximum atomic E-state index is 6.39. The number of nitrogens with zero attached hydrogens (tertiary/aromatic N) is 1. The van der Waals surface area contributed by atoms with Crippen LogP contribution in [0.5, 0.6) is 5.75 Å². The Bertz CT molecular complexity index is 683.